The quantitative estimate of drug-likeness (QED) is 0.748. The van der Waals surface area contributed by atoms with E-state index in [-0.39, 0.29) is 11.8 Å². The molecule has 1 saturated heterocycles. The second-order valence-corrected chi connectivity index (χ2v) is 4.89. The zero-order valence-electron chi connectivity index (χ0n) is 10.4. The van der Waals surface area contributed by atoms with E-state index in [0.717, 1.165) is 25.9 Å². The largest absolute Gasteiger partial charge is 0.344 e. The van der Waals surface area contributed by atoms with Gasteiger partial charge >= 0.3 is 0 Å². The summed E-state index contributed by atoms with van der Waals surface area (Å²) in [5.74, 6) is 0.191. The monoisotopic (exact) mass is 258 g/mol. The van der Waals surface area contributed by atoms with Crippen LogP contribution < -0.4 is 5.32 Å². The summed E-state index contributed by atoms with van der Waals surface area (Å²) < 4.78 is 0. The Morgan fingerprint density at radius 2 is 1.71 bits per heavy atom. The van der Waals surface area contributed by atoms with Crippen LogP contribution in [-0.2, 0) is 9.59 Å². The van der Waals surface area contributed by atoms with Crippen LogP contribution in [0.3, 0.4) is 0 Å². The molecule has 98 valence electrons. The second kappa shape index (κ2) is 7.58. The highest BCUT2D eigenvalue weighted by Crippen LogP contribution is 2.11. The lowest BCUT2D eigenvalue weighted by Gasteiger charge is -2.28. The van der Waals surface area contributed by atoms with Gasteiger partial charge in [-0.15, -0.1) is 0 Å². The van der Waals surface area contributed by atoms with Gasteiger partial charge in [-0.3, -0.25) is 9.59 Å². The van der Waals surface area contributed by atoms with E-state index in [0.29, 0.717) is 5.75 Å². The van der Waals surface area contributed by atoms with E-state index in [2.05, 4.69) is 17.9 Å². The molecule has 1 N–H and O–H groups in total. The predicted molar refractivity (Wildman–Crippen MR) is 71.1 cm³/mol. The van der Waals surface area contributed by atoms with Crippen LogP contribution in [0.4, 0.5) is 0 Å². The number of hydrogen-bond acceptors (Lipinski definition) is 3. The van der Waals surface area contributed by atoms with Gasteiger partial charge in [0.2, 0.25) is 11.8 Å². The third-order valence-electron chi connectivity index (χ3n) is 3.03. The Balaban J connectivity index is 2.54. The van der Waals surface area contributed by atoms with Crippen LogP contribution >= 0.6 is 12.6 Å². The minimum absolute atomic E-state index is 0.0112. The van der Waals surface area contributed by atoms with Gasteiger partial charge in [-0.05, 0) is 12.8 Å². The van der Waals surface area contributed by atoms with Crippen molar-refractivity contribution in [3.63, 3.8) is 0 Å². The van der Waals surface area contributed by atoms with Gasteiger partial charge in [-0.1, -0.05) is 19.3 Å². The van der Waals surface area contributed by atoms with Crippen molar-refractivity contribution in [2.24, 2.45) is 0 Å². The summed E-state index contributed by atoms with van der Waals surface area (Å²) in [5.41, 5.74) is 0. The number of rotatable bonds is 3. The Hall–Kier alpha value is -0.710. The summed E-state index contributed by atoms with van der Waals surface area (Å²) in [6, 6.07) is -0.477. The van der Waals surface area contributed by atoms with E-state index < -0.39 is 6.04 Å². The van der Waals surface area contributed by atoms with Gasteiger partial charge < -0.3 is 10.2 Å². The van der Waals surface area contributed by atoms with Crippen LogP contribution in [-0.4, -0.2) is 41.6 Å². The highest BCUT2D eigenvalue weighted by atomic mass is 32.1. The van der Waals surface area contributed by atoms with E-state index in [9.17, 15) is 9.59 Å². The third-order valence-corrected chi connectivity index (χ3v) is 3.39. The minimum atomic E-state index is -0.477. The predicted octanol–water partition coefficient (Wildman–Crippen LogP) is 1.21. The molecule has 4 nitrogen and oxygen atoms in total. The van der Waals surface area contributed by atoms with Crippen molar-refractivity contribution in [1.29, 1.82) is 0 Å². The lowest BCUT2D eigenvalue weighted by atomic mass is 10.1. The topological polar surface area (TPSA) is 49.4 Å². The lowest BCUT2D eigenvalue weighted by Crippen LogP contribution is -2.49. The fraction of sp³-hybridized carbons (Fsp3) is 0.833. The number of hydrogen-bond donors (Lipinski definition) is 2. The van der Waals surface area contributed by atoms with E-state index in [4.69, 9.17) is 0 Å². The number of carbonyl (C=O) groups is 2. The number of amides is 2. The van der Waals surface area contributed by atoms with E-state index in [1.807, 2.05) is 4.90 Å². The molecule has 0 aromatic rings. The van der Waals surface area contributed by atoms with Gasteiger partial charge in [0.15, 0.2) is 0 Å². The Labute approximate surface area is 109 Å². The maximum absolute atomic E-state index is 12.2. The Morgan fingerprint density at radius 1 is 1.18 bits per heavy atom. The van der Waals surface area contributed by atoms with Crippen molar-refractivity contribution in [2.45, 2.75) is 45.1 Å². The van der Waals surface area contributed by atoms with E-state index >= 15 is 0 Å². The Morgan fingerprint density at radius 3 is 2.18 bits per heavy atom. The summed E-state index contributed by atoms with van der Waals surface area (Å²) >= 11 is 4.14. The van der Waals surface area contributed by atoms with Crippen molar-refractivity contribution in [3.05, 3.63) is 0 Å². The van der Waals surface area contributed by atoms with Crippen LogP contribution in [0.25, 0.3) is 0 Å². The molecule has 1 unspecified atom stereocenters. The van der Waals surface area contributed by atoms with Crippen LogP contribution in [0.1, 0.15) is 39.0 Å². The average molecular weight is 258 g/mol. The molecule has 2 amide bonds. The number of likely N-dealkylation sites (tertiary alicyclic amines) is 1. The molecule has 17 heavy (non-hydrogen) atoms. The molecule has 0 bridgehead atoms. The van der Waals surface area contributed by atoms with Crippen molar-refractivity contribution in [2.75, 3.05) is 18.8 Å². The van der Waals surface area contributed by atoms with Gasteiger partial charge in [-0.25, -0.2) is 0 Å². The molecule has 1 rings (SSSR count). The molecule has 1 heterocycles. The van der Waals surface area contributed by atoms with E-state index in [1.54, 1.807) is 0 Å². The van der Waals surface area contributed by atoms with Gasteiger partial charge in [0.25, 0.3) is 0 Å². The van der Waals surface area contributed by atoms with Crippen molar-refractivity contribution >= 4 is 24.4 Å². The molecule has 0 aliphatic carbocycles. The smallest absolute Gasteiger partial charge is 0.245 e. The van der Waals surface area contributed by atoms with Crippen LogP contribution in [0.15, 0.2) is 0 Å². The first-order chi connectivity index (χ1) is 8.15. The first-order valence-electron chi connectivity index (χ1n) is 6.32. The summed E-state index contributed by atoms with van der Waals surface area (Å²) in [5, 5.41) is 2.66. The maximum Gasteiger partial charge on any atom is 0.245 e. The molecule has 0 radical (unpaired) electrons. The molecule has 1 atom stereocenters. The first kappa shape index (κ1) is 14.4. The molecule has 1 aliphatic heterocycles. The van der Waals surface area contributed by atoms with Gasteiger partial charge in [0.1, 0.15) is 6.04 Å². The Kier molecular flexibility index (Phi) is 6.40. The number of carbonyl (C=O) groups excluding carboxylic acids is 2. The van der Waals surface area contributed by atoms with Crippen LogP contribution in [0, 0.1) is 0 Å². The molecule has 0 spiro atoms. The number of nitrogens with one attached hydrogen (secondary N) is 1. The summed E-state index contributed by atoms with van der Waals surface area (Å²) in [6.07, 6.45) is 5.77. The van der Waals surface area contributed by atoms with Crippen LogP contribution in [0.5, 0.6) is 0 Å². The summed E-state index contributed by atoms with van der Waals surface area (Å²) in [4.78, 5) is 25.1. The fourth-order valence-electron chi connectivity index (χ4n) is 2.12. The highest BCUT2D eigenvalue weighted by Gasteiger charge is 2.23. The van der Waals surface area contributed by atoms with Gasteiger partial charge in [-0.2, -0.15) is 12.6 Å². The standard InChI is InChI=1S/C12H22N2O2S/c1-10(15)13-11(9-17)12(16)14-7-5-3-2-4-6-8-14/h11,17H,2-9H2,1H3,(H,13,15). The number of thiol groups is 1. The molecular weight excluding hydrogens is 236 g/mol. The zero-order chi connectivity index (χ0) is 12.7. The molecule has 0 aromatic carbocycles. The van der Waals surface area contributed by atoms with Crippen molar-refractivity contribution in [1.82, 2.24) is 10.2 Å². The third kappa shape index (κ3) is 4.98. The van der Waals surface area contributed by atoms with Crippen LogP contribution in [0.2, 0.25) is 0 Å². The molecular formula is C12H22N2O2S. The second-order valence-electron chi connectivity index (χ2n) is 4.53. The lowest BCUT2D eigenvalue weighted by molar-refractivity contribution is -0.135. The molecule has 5 heteroatoms. The fourth-order valence-corrected chi connectivity index (χ4v) is 2.37. The van der Waals surface area contributed by atoms with Crippen molar-refractivity contribution < 1.29 is 9.59 Å². The van der Waals surface area contributed by atoms with Crippen molar-refractivity contribution in [3.8, 4) is 0 Å². The zero-order valence-corrected chi connectivity index (χ0v) is 11.3. The molecule has 1 aliphatic rings. The molecule has 0 saturated carbocycles. The maximum atomic E-state index is 12.2. The minimum Gasteiger partial charge on any atom is -0.344 e. The summed E-state index contributed by atoms with van der Waals surface area (Å²) in [6.45, 7) is 3.04. The SMILES string of the molecule is CC(=O)NC(CS)C(=O)N1CCCCCCC1. The Bertz CT molecular complexity index is 263. The van der Waals surface area contributed by atoms with E-state index in [1.165, 1.54) is 26.2 Å². The van der Waals surface area contributed by atoms with Gasteiger partial charge in [0, 0.05) is 25.8 Å². The first-order valence-corrected chi connectivity index (χ1v) is 6.95. The molecule has 0 aromatic heterocycles. The summed E-state index contributed by atoms with van der Waals surface area (Å²) in [7, 11) is 0. The highest BCUT2D eigenvalue weighted by molar-refractivity contribution is 7.80. The van der Waals surface area contributed by atoms with Gasteiger partial charge in [0.05, 0.1) is 0 Å². The average Bonchev–Trinajstić information content (AvgIpc) is 2.24. The molecule has 1 fully saturated rings. The number of nitrogens with zero attached hydrogens (tertiary/aromatic N) is 1. The normalized spacial score (nSPS) is 19.1.